The second-order valence-electron chi connectivity index (χ2n) is 4.31. The van der Waals surface area contributed by atoms with Gasteiger partial charge in [0.15, 0.2) is 0 Å². The molecule has 0 fully saturated rings. The molecule has 0 atom stereocenters. The van der Waals surface area contributed by atoms with Crippen molar-refractivity contribution in [2.75, 3.05) is 18.9 Å². The third-order valence-corrected chi connectivity index (χ3v) is 2.61. The molecule has 2 rings (SSSR count). The Hall–Kier alpha value is -2.51. The molecule has 0 spiro atoms. The molecule has 106 valence electrons. The molecule has 20 heavy (non-hydrogen) atoms. The monoisotopic (exact) mass is 275 g/mol. The van der Waals surface area contributed by atoms with Crippen molar-refractivity contribution < 1.29 is 4.79 Å². The summed E-state index contributed by atoms with van der Waals surface area (Å²) in [6, 6.07) is 0. The van der Waals surface area contributed by atoms with Gasteiger partial charge in [-0.2, -0.15) is 5.10 Å². The van der Waals surface area contributed by atoms with Gasteiger partial charge in [-0.25, -0.2) is 9.97 Å². The number of nitrogens with one attached hydrogen (secondary N) is 2. The lowest BCUT2D eigenvalue weighted by atomic mass is 10.3. The zero-order chi connectivity index (χ0) is 14.4. The number of hydrogen-bond acceptors (Lipinski definition) is 6. The summed E-state index contributed by atoms with van der Waals surface area (Å²) in [4.78, 5) is 26.0. The first kappa shape index (κ1) is 13.9. The van der Waals surface area contributed by atoms with Gasteiger partial charge < -0.3 is 10.2 Å². The van der Waals surface area contributed by atoms with Crippen molar-refractivity contribution in [1.82, 2.24) is 30.0 Å². The SMILES string of the molecule is CCCNc1cncc(C(=O)N(C)Cc2ncn[nH]2)n1. The van der Waals surface area contributed by atoms with Crippen LogP contribution in [0.15, 0.2) is 18.7 Å². The van der Waals surface area contributed by atoms with E-state index in [1.165, 1.54) is 17.4 Å². The van der Waals surface area contributed by atoms with Crippen LogP contribution in [0.25, 0.3) is 0 Å². The average Bonchev–Trinajstić information content (AvgIpc) is 2.97. The van der Waals surface area contributed by atoms with Crippen molar-refractivity contribution >= 4 is 11.7 Å². The van der Waals surface area contributed by atoms with E-state index in [9.17, 15) is 4.79 Å². The molecule has 0 aliphatic heterocycles. The first-order chi connectivity index (χ1) is 9.70. The second-order valence-corrected chi connectivity index (χ2v) is 4.31. The summed E-state index contributed by atoms with van der Waals surface area (Å²) < 4.78 is 0. The van der Waals surface area contributed by atoms with Crippen molar-refractivity contribution in [2.45, 2.75) is 19.9 Å². The van der Waals surface area contributed by atoms with Crippen LogP contribution in [0.3, 0.4) is 0 Å². The molecule has 2 heterocycles. The highest BCUT2D eigenvalue weighted by Crippen LogP contribution is 2.06. The number of carbonyl (C=O) groups is 1. The summed E-state index contributed by atoms with van der Waals surface area (Å²) in [5.74, 6) is 1.01. The predicted octanol–water partition coefficient (Wildman–Crippen LogP) is 0.689. The average molecular weight is 275 g/mol. The number of aromatic amines is 1. The van der Waals surface area contributed by atoms with Crippen LogP contribution >= 0.6 is 0 Å². The fourth-order valence-corrected chi connectivity index (χ4v) is 1.61. The minimum Gasteiger partial charge on any atom is -0.369 e. The van der Waals surface area contributed by atoms with Gasteiger partial charge in [0, 0.05) is 13.6 Å². The van der Waals surface area contributed by atoms with Crippen LogP contribution in [0, 0.1) is 0 Å². The summed E-state index contributed by atoms with van der Waals surface area (Å²) in [6.45, 7) is 3.19. The van der Waals surface area contributed by atoms with Gasteiger partial charge in [-0.3, -0.25) is 14.9 Å². The molecule has 0 bridgehead atoms. The molecule has 0 radical (unpaired) electrons. The lowest BCUT2D eigenvalue weighted by Crippen LogP contribution is -2.28. The van der Waals surface area contributed by atoms with Gasteiger partial charge >= 0.3 is 0 Å². The lowest BCUT2D eigenvalue weighted by Gasteiger charge is -2.15. The summed E-state index contributed by atoms with van der Waals surface area (Å²) in [7, 11) is 1.68. The van der Waals surface area contributed by atoms with E-state index >= 15 is 0 Å². The Morgan fingerprint density at radius 3 is 3.00 bits per heavy atom. The Morgan fingerprint density at radius 2 is 2.30 bits per heavy atom. The Bertz CT molecular complexity index is 555. The fraction of sp³-hybridized carbons (Fsp3) is 0.417. The quantitative estimate of drug-likeness (QED) is 0.804. The summed E-state index contributed by atoms with van der Waals surface area (Å²) >= 11 is 0. The van der Waals surface area contributed by atoms with Crippen molar-refractivity contribution in [3.63, 3.8) is 0 Å². The number of anilines is 1. The number of nitrogens with zero attached hydrogens (tertiary/aromatic N) is 5. The summed E-state index contributed by atoms with van der Waals surface area (Å²) in [5.41, 5.74) is 0.299. The Morgan fingerprint density at radius 1 is 1.45 bits per heavy atom. The van der Waals surface area contributed by atoms with Crippen LogP contribution in [-0.4, -0.2) is 49.5 Å². The number of aromatic nitrogens is 5. The maximum absolute atomic E-state index is 12.2. The van der Waals surface area contributed by atoms with E-state index in [4.69, 9.17) is 0 Å². The maximum atomic E-state index is 12.2. The van der Waals surface area contributed by atoms with E-state index in [0.29, 0.717) is 23.9 Å². The lowest BCUT2D eigenvalue weighted by molar-refractivity contribution is 0.0775. The normalized spacial score (nSPS) is 10.3. The van der Waals surface area contributed by atoms with Gasteiger partial charge in [0.25, 0.3) is 5.91 Å². The van der Waals surface area contributed by atoms with Gasteiger partial charge in [-0.1, -0.05) is 6.92 Å². The van der Waals surface area contributed by atoms with Gasteiger partial charge in [0.05, 0.1) is 18.9 Å². The zero-order valence-corrected chi connectivity index (χ0v) is 11.5. The largest absolute Gasteiger partial charge is 0.369 e. The summed E-state index contributed by atoms with van der Waals surface area (Å²) in [5, 5.41) is 9.55. The smallest absolute Gasteiger partial charge is 0.274 e. The highest BCUT2D eigenvalue weighted by atomic mass is 16.2. The van der Waals surface area contributed by atoms with Crippen molar-refractivity contribution in [3.05, 3.63) is 30.2 Å². The van der Waals surface area contributed by atoms with Gasteiger partial charge in [-0.15, -0.1) is 0 Å². The van der Waals surface area contributed by atoms with Crippen LogP contribution < -0.4 is 5.32 Å². The molecule has 0 saturated heterocycles. The van der Waals surface area contributed by atoms with E-state index in [-0.39, 0.29) is 5.91 Å². The highest BCUT2D eigenvalue weighted by molar-refractivity contribution is 5.92. The van der Waals surface area contributed by atoms with Gasteiger partial charge in [-0.05, 0) is 6.42 Å². The first-order valence-corrected chi connectivity index (χ1v) is 6.36. The molecule has 0 saturated carbocycles. The molecule has 2 N–H and O–H groups in total. The molecule has 1 amide bonds. The van der Waals surface area contributed by atoms with Crippen LogP contribution in [0.5, 0.6) is 0 Å². The molecule has 0 aliphatic rings. The topological polar surface area (TPSA) is 99.7 Å². The van der Waals surface area contributed by atoms with E-state index in [1.54, 1.807) is 13.2 Å². The molecule has 2 aromatic heterocycles. The van der Waals surface area contributed by atoms with Crippen molar-refractivity contribution in [1.29, 1.82) is 0 Å². The summed E-state index contributed by atoms with van der Waals surface area (Å²) in [6.07, 6.45) is 5.44. The minimum absolute atomic E-state index is 0.214. The van der Waals surface area contributed by atoms with Crippen molar-refractivity contribution in [3.8, 4) is 0 Å². The molecule has 2 aromatic rings. The Kier molecular flexibility index (Phi) is 4.59. The van der Waals surface area contributed by atoms with Gasteiger partial charge in [0.1, 0.15) is 23.7 Å². The molecule has 0 aromatic carbocycles. The van der Waals surface area contributed by atoms with Crippen molar-refractivity contribution in [2.24, 2.45) is 0 Å². The van der Waals surface area contributed by atoms with Crippen LogP contribution in [0.2, 0.25) is 0 Å². The fourth-order valence-electron chi connectivity index (χ4n) is 1.61. The van der Waals surface area contributed by atoms with E-state index in [0.717, 1.165) is 13.0 Å². The third-order valence-electron chi connectivity index (χ3n) is 2.61. The molecule has 0 unspecified atom stereocenters. The van der Waals surface area contributed by atoms with Crippen LogP contribution in [0.4, 0.5) is 5.82 Å². The number of amides is 1. The first-order valence-electron chi connectivity index (χ1n) is 6.36. The maximum Gasteiger partial charge on any atom is 0.274 e. The Labute approximate surface area is 116 Å². The minimum atomic E-state index is -0.214. The predicted molar refractivity (Wildman–Crippen MR) is 73.0 cm³/mol. The second kappa shape index (κ2) is 6.60. The molecular weight excluding hydrogens is 258 g/mol. The number of hydrogen-bond donors (Lipinski definition) is 2. The van der Waals surface area contributed by atoms with Crippen LogP contribution in [-0.2, 0) is 6.54 Å². The third kappa shape index (κ3) is 3.50. The van der Waals surface area contributed by atoms with Gasteiger partial charge in [0.2, 0.25) is 0 Å². The molecule has 8 heteroatoms. The van der Waals surface area contributed by atoms with E-state index < -0.39 is 0 Å². The molecular formula is C12H17N7O. The number of carbonyl (C=O) groups excluding carboxylic acids is 1. The number of rotatable bonds is 6. The van der Waals surface area contributed by atoms with Crippen LogP contribution in [0.1, 0.15) is 29.7 Å². The molecule has 8 nitrogen and oxygen atoms in total. The highest BCUT2D eigenvalue weighted by Gasteiger charge is 2.15. The zero-order valence-electron chi connectivity index (χ0n) is 11.5. The van der Waals surface area contributed by atoms with E-state index in [2.05, 4.69) is 37.4 Å². The Balaban J connectivity index is 2.04. The van der Waals surface area contributed by atoms with E-state index in [1.807, 2.05) is 0 Å². The molecule has 0 aliphatic carbocycles. The standard InChI is InChI=1S/C12H17N7O/c1-3-4-14-10-6-13-5-9(17-10)12(20)19(2)7-11-15-8-16-18-11/h5-6,8H,3-4,7H2,1-2H3,(H,14,17)(H,15,16,18). The number of H-pyrrole nitrogens is 1.